The lowest BCUT2D eigenvalue weighted by atomic mass is 9.96. The van der Waals surface area contributed by atoms with E-state index in [-0.39, 0.29) is 50.5 Å². The van der Waals surface area contributed by atoms with Gasteiger partial charge in [0.1, 0.15) is 28.5 Å². The van der Waals surface area contributed by atoms with Gasteiger partial charge in [-0.3, -0.25) is 0 Å². The van der Waals surface area contributed by atoms with Crippen LogP contribution >= 0.6 is 11.8 Å². The fourth-order valence-corrected chi connectivity index (χ4v) is 3.37. The minimum absolute atomic E-state index is 0.0154. The molecule has 2 rings (SSSR count). The molecule has 1 heterocycles. The number of rotatable bonds is 7. The fraction of sp³-hybridized carbons (Fsp3) is 0.278. The molecule has 0 aliphatic heterocycles. The fourth-order valence-electron chi connectivity index (χ4n) is 2.46. The van der Waals surface area contributed by atoms with Crippen LogP contribution in [0.15, 0.2) is 17.2 Å². The van der Waals surface area contributed by atoms with Gasteiger partial charge in [0.25, 0.3) is 0 Å². The van der Waals surface area contributed by atoms with Gasteiger partial charge in [-0.05, 0) is 17.7 Å². The highest BCUT2D eigenvalue weighted by molar-refractivity contribution is 7.99. The molecule has 1 aromatic carbocycles. The lowest BCUT2D eigenvalue weighted by Gasteiger charge is -2.16. The number of nitrogens with zero attached hydrogens (tertiary/aromatic N) is 3. The number of hydrogen-bond donors (Lipinski definition) is 4. The molecule has 1 aromatic heterocycles. The predicted octanol–water partition coefficient (Wildman–Crippen LogP) is 1.24. The molecule has 146 valence electrons. The monoisotopic (exact) mass is 402 g/mol. The average Bonchev–Trinajstić information content (AvgIpc) is 2.71. The molecule has 5 N–H and O–H groups in total. The highest BCUT2D eigenvalue weighted by Gasteiger charge is 2.23. The molecule has 0 fully saturated rings. The van der Waals surface area contributed by atoms with E-state index < -0.39 is 12.7 Å². The second-order valence-corrected chi connectivity index (χ2v) is 6.54. The Morgan fingerprint density at radius 1 is 1.18 bits per heavy atom. The van der Waals surface area contributed by atoms with Crippen molar-refractivity contribution in [3.05, 3.63) is 23.3 Å². The topological polar surface area (TPSA) is 166 Å². The number of phenols is 1. The van der Waals surface area contributed by atoms with Crippen molar-refractivity contribution < 1.29 is 24.8 Å². The van der Waals surface area contributed by atoms with E-state index >= 15 is 0 Å². The van der Waals surface area contributed by atoms with Crippen molar-refractivity contribution >= 4 is 17.6 Å². The maximum Gasteiger partial charge on any atom is 0.200 e. The number of aromatic nitrogens is 1. The molecule has 0 amide bonds. The van der Waals surface area contributed by atoms with Crippen LogP contribution in [0.1, 0.15) is 11.1 Å². The van der Waals surface area contributed by atoms with Gasteiger partial charge in [0.15, 0.2) is 11.5 Å². The summed E-state index contributed by atoms with van der Waals surface area (Å²) in [6.45, 7) is -0.445. The number of nitriles is 2. The second-order valence-electron chi connectivity index (χ2n) is 5.53. The number of benzene rings is 1. The van der Waals surface area contributed by atoms with Crippen LogP contribution in [0.2, 0.25) is 0 Å². The van der Waals surface area contributed by atoms with E-state index in [4.69, 9.17) is 20.3 Å². The Morgan fingerprint density at radius 3 is 2.21 bits per heavy atom. The summed E-state index contributed by atoms with van der Waals surface area (Å²) in [5.41, 5.74) is 6.54. The third kappa shape index (κ3) is 4.05. The van der Waals surface area contributed by atoms with Gasteiger partial charge in [-0.25, -0.2) is 4.98 Å². The number of methoxy groups -OCH3 is 2. The largest absolute Gasteiger partial charge is 0.502 e. The maximum absolute atomic E-state index is 10.1. The summed E-state index contributed by atoms with van der Waals surface area (Å²) in [5, 5.41) is 48.2. The van der Waals surface area contributed by atoms with E-state index in [1.54, 1.807) is 0 Å². The lowest BCUT2D eigenvalue weighted by molar-refractivity contribution is 0.113. The van der Waals surface area contributed by atoms with Crippen LogP contribution in [0.5, 0.6) is 17.2 Å². The molecule has 0 bridgehead atoms. The van der Waals surface area contributed by atoms with Crippen LogP contribution in [0.4, 0.5) is 5.82 Å². The maximum atomic E-state index is 10.1. The van der Waals surface area contributed by atoms with Crippen LogP contribution in [0.25, 0.3) is 11.1 Å². The van der Waals surface area contributed by atoms with Gasteiger partial charge < -0.3 is 30.5 Å². The minimum Gasteiger partial charge on any atom is -0.502 e. The Kier molecular flexibility index (Phi) is 6.90. The van der Waals surface area contributed by atoms with Gasteiger partial charge in [-0.15, -0.1) is 11.8 Å². The van der Waals surface area contributed by atoms with Crippen LogP contribution in [0.3, 0.4) is 0 Å². The zero-order chi connectivity index (χ0) is 20.8. The van der Waals surface area contributed by atoms with Crippen molar-refractivity contribution in [1.29, 1.82) is 10.5 Å². The Labute approximate surface area is 165 Å². The van der Waals surface area contributed by atoms with Gasteiger partial charge in [0.2, 0.25) is 5.75 Å². The van der Waals surface area contributed by atoms with Gasteiger partial charge in [-0.1, -0.05) is 0 Å². The summed E-state index contributed by atoms with van der Waals surface area (Å²) >= 11 is 1.02. The van der Waals surface area contributed by atoms with Crippen molar-refractivity contribution in [3.63, 3.8) is 0 Å². The molecule has 9 nitrogen and oxygen atoms in total. The molecule has 0 spiro atoms. The predicted molar refractivity (Wildman–Crippen MR) is 102 cm³/mol. The lowest BCUT2D eigenvalue weighted by Crippen LogP contribution is -2.15. The number of phenolic OH excluding ortho intramolecular Hbond substituents is 1. The molecule has 10 heteroatoms. The van der Waals surface area contributed by atoms with E-state index in [1.807, 2.05) is 12.1 Å². The molecule has 28 heavy (non-hydrogen) atoms. The van der Waals surface area contributed by atoms with Gasteiger partial charge in [-0.2, -0.15) is 10.5 Å². The third-order valence-electron chi connectivity index (χ3n) is 3.81. The highest BCUT2D eigenvalue weighted by atomic mass is 32.2. The van der Waals surface area contributed by atoms with Crippen LogP contribution in [0, 0.1) is 22.7 Å². The Hall–Kier alpha value is -3.18. The summed E-state index contributed by atoms with van der Waals surface area (Å²) in [4.78, 5) is 4.10. The number of hydrogen-bond acceptors (Lipinski definition) is 10. The Balaban J connectivity index is 2.77. The molecule has 1 atom stereocenters. The molecule has 0 aliphatic rings. The van der Waals surface area contributed by atoms with Crippen LogP contribution in [-0.2, 0) is 0 Å². The van der Waals surface area contributed by atoms with Crippen molar-refractivity contribution in [2.75, 3.05) is 32.3 Å². The summed E-state index contributed by atoms with van der Waals surface area (Å²) in [6, 6.07) is 6.87. The van der Waals surface area contributed by atoms with Crippen molar-refractivity contribution in [3.8, 4) is 40.5 Å². The first kappa shape index (κ1) is 21.1. The number of thioether (sulfide) groups is 1. The van der Waals surface area contributed by atoms with Crippen LogP contribution in [-0.4, -0.2) is 53.0 Å². The van der Waals surface area contributed by atoms with Gasteiger partial charge in [0.05, 0.1) is 32.5 Å². The molecular formula is C18H18N4O5S. The molecule has 0 saturated heterocycles. The van der Waals surface area contributed by atoms with Crippen LogP contribution < -0.4 is 15.2 Å². The number of ether oxygens (including phenoxy) is 2. The summed E-state index contributed by atoms with van der Waals surface area (Å²) in [6.07, 6.45) is -1.01. The SMILES string of the molecule is COc1cc(-c2c(C#N)c(N)nc(SCC(O)CO)c2C#N)cc(OC)c1O. The smallest absolute Gasteiger partial charge is 0.200 e. The molecule has 0 radical (unpaired) electrons. The third-order valence-corrected chi connectivity index (χ3v) is 4.93. The van der Waals surface area contributed by atoms with Crippen molar-refractivity contribution in [2.24, 2.45) is 0 Å². The molecule has 2 aromatic rings. The number of anilines is 1. The Bertz CT molecular complexity index is 943. The zero-order valence-electron chi connectivity index (χ0n) is 15.1. The number of nitrogen functional groups attached to an aromatic ring is 1. The summed E-state index contributed by atoms with van der Waals surface area (Å²) < 4.78 is 10.3. The first-order valence-electron chi connectivity index (χ1n) is 7.92. The number of aromatic hydroxyl groups is 1. The van der Waals surface area contributed by atoms with E-state index in [1.165, 1.54) is 26.4 Å². The minimum atomic E-state index is -1.01. The van der Waals surface area contributed by atoms with E-state index in [0.717, 1.165) is 11.8 Å². The quantitative estimate of drug-likeness (QED) is 0.495. The number of aliphatic hydroxyl groups excluding tert-OH is 2. The number of nitrogens with two attached hydrogens (primary N) is 1. The zero-order valence-corrected chi connectivity index (χ0v) is 15.9. The number of aliphatic hydroxyl groups is 2. The first-order chi connectivity index (χ1) is 13.4. The van der Waals surface area contributed by atoms with Gasteiger partial charge in [0, 0.05) is 11.3 Å². The van der Waals surface area contributed by atoms with E-state index in [0.29, 0.717) is 5.56 Å². The summed E-state index contributed by atoms with van der Waals surface area (Å²) in [7, 11) is 2.71. The second kappa shape index (κ2) is 9.15. The average molecular weight is 402 g/mol. The first-order valence-corrected chi connectivity index (χ1v) is 8.91. The molecule has 1 unspecified atom stereocenters. The summed E-state index contributed by atoms with van der Waals surface area (Å²) in [5.74, 6) is -0.0765. The standard InChI is InChI=1S/C18H18N4O5S/c1-26-13-3-9(4-14(27-2)16(13)25)15-11(5-19)17(21)22-18(12(15)6-20)28-8-10(24)7-23/h3-4,10,23-25H,7-8H2,1-2H3,(H2,21,22). The molecule has 0 aliphatic carbocycles. The highest BCUT2D eigenvalue weighted by Crippen LogP contribution is 2.43. The normalized spacial score (nSPS) is 11.4. The molecule has 0 saturated carbocycles. The van der Waals surface area contributed by atoms with Gasteiger partial charge >= 0.3 is 0 Å². The van der Waals surface area contributed by atoms with Crippen molar-refractivity contribution in [2.45, 2.75) is 11.1 Å². The van der Waals surface area contributed by atoms with E-state index in [2.05, 4.69) is 4.98 Å². The molecular weight excluding hydrogens is 384 g/mol. The number of pyridine rings is 1. The Morgan fingerprint density at radius 2 is 1.75 bits per heavy atom. The van der Waals surface area contributed by atoms with E-state index in [9.17, 15) is 20.7 Å². The van der Waals surface area contributed by atoms with Crippen molar-refractivity contribution in [1.82, 2.24) is 4.98 Å².